The van der Waals surface area contributed by atoms with E-state index < -0.39 is 5.97 Å². The highest BCUT2D eigenvalue weighted by Gasteiger charge is 2.12. The molecular weight excluding hydrogens is 470 g/mol. The molecule has 0 heterocycles. The van der Waals surface area contributed by atoms with Crippen LogP contribution in [0.1, 0.15) is 27.0 Å². The average molecular weight is 491 g/mol. The van der Waals surface area contributed by atoms with E-state index in [1.165, 1.54) is 11.6 Å². The third-order valence-corrected chi connectivity index (χ3v) is 5.71. The number of carboxylic acid groups (broad SMARTS) is 1. The summed E-state index contributed by atoms with van der Waals surface area (Å²) in [6, 6.07) is 16.6. The fourth-order valence-corrected chi connectivity index (χ4v) is 3.63. The molecule has 0 saturated heterocycles. The van der Waals surface area contributed by atoms with Gasteiger partial charge in [-0.15, -0.1) is 0 Å². The summed E-state index contributed by atoms with van der Waals surface area (Å²) in [7, 11) is 1.60. The molecule has 0 aliphatic carbocycles. The number of anilines is 1. The van der Waals surface area contributed by atoms with Crippen molar-refractivity contribution < 1.29 is 19.4 Å². The second-order valence-electron chi connectivity index (χ2n) is 6.66. The maximum absolute atomic E-state index is 11.1. The summed E-state index contributed by atoms with van der Waals surface area (Å²) in [4.78, 5) is 11.1. The molecule has 0 atom stereocenters. The Labute approximate surface area is 188 Å². The Bertz CT molecular complexity index is 1070. The zero-order chi connectivity index (χ0) is 21.7. The highest BCUT2D eigenvalue weighted by molar-refractivity contribution is 9.10. The monoisotopic (exact) mass is 489 g/mol. The number of methoxy groups -OCH3 is 1. The molecule has 0 saturated carbocycles. The van der Waals surface area contributed by atoms with E-state index >= 15 is 0 Å². The number of rotatable bonds is 8. The van der Waals surface area contributed by atoms with E-state index in [1.807, 2.05) is 30.3 Å². The van der Waals surface area contributed by atoms with Gasteiger partial charge in [0.05, 0.1) is 17.7 Å². The zero-order valence-corrected chi connectivity index (χ0v) is 18.9. The molecule has 30 heavy (non-hydrogen) atoms. The third kappa shape index (κ3) is 5.26. The van der Waals surface area contributed by atoms with Crippen LogP contribution >= 0.6 is 27.5 Å². The van der Waals surface area contributed by atoms with Crippen LogP contribution in [-0.2, 0) is 13.2 Å². The molecule has 7 heteroatoms. The maximum Gasteiger partial charge on any atom is 0.337 e. The lowest BCUT2D eigenvalue weighted by Gasteiger charge is -2.16. The molecule has 0 amide bonds. The van der Waals surface area contributed by atoms with E-state index in [2.05, 4.69) is 34.2 Å². The summed E-state index contributed by atoms with van der Waals surface area (Å²) in [6.07, 6.45) is 0. The molecule has 156 valence electrons. The van der Waals surface area contributed by atoms with Crippen molar-refractivity contribution >= 4 is 39.2 Å². The molecule has 2 N–H and O–H groups in total. The third-order valence-electron chi connectivity index (χ3n) is 4.66. The van der Waals surface area contributed by atoms with Crippen molar-refractivity contribution in [3.63, 3.8) is 0 Å². The van der Waals surface area contributed by atoms with Crippen LogP contribution in [-0.4, -0.2) is 18.2 Å². The normalized spacial score (nSPS) is 10.5. The lowest BCUT2D eigenvalue weighted by Crippen LogP contribution is -2.04. The minimum absolute atomic E-state index is 0.0696. The summed E-state index contributed by atoms with van der Waals surface area (Å²) < 4.78 is 12.4. The Morgan fingerprint density at radius 2 is 1.87 bits per heavy atom. The topological polar surface area (TPSA) is 67.8 Å². The first-order chi connectivity index (χ1) is 14.4. The predicted octanol–water partition coefficient (Wildman–Crippen LogP) is 6.31. The first kappa shape index (κ1) is 22.0. The number of halogens is 2. The van der Waals surface area contributed by atoms with E-state index in [-0.39, 0.29) is 10.6 Å². The number of aromatic carboxylic acids is 1. The van der Waals surface area contributed by atoms with Gasteiger partial charge in [0.15, 0.2) is 11.5 Å². The second-order valence-corrected chi connectivity index (χ2v) is 7.92. The SMILES string of the molecule is COc1cc(CNc2ccc(C(=O)O)c(Cl)c2)c(Br)cc1OCc1ccccc1C. The first-order valence-corrected chi connectivity index (χ1v) is 10.4. The van der Waals surface area contributed by atoms with E-state index in [0.717, 1.165) is 21.3 Å². The number of hydrogen-bond acceptors (Lipinski definition) is 4. The molecular formula is C23H21BrClNO4. The van der Waals surface area contributed by atoms with Gasteiger partial charge in [-0.1, -0.05) is 51.8 Å². The van der Waals surface area contributed by atoms with Crippen molar-refractivity contribution in [2.75, 3.05) is 12.4 Å². The first-order valence-electron chi connectivity index (χ1n) is 9.19. The molecule has 3 rings (SSSR count). The Kier molecular flexibility index (Phi) is 7.24. The molecule has 0 spiro atoms. The number of carbonyl (C=O) groups is 1. The van der Waals surface area contributed by atoms with E-state index in [1.54, 1.807) is 19.2 Å². The highest BCUT2D eigenvalue weighted by atomic mass is 79.9. The lowest BCUT2D eigenvalue weighted by molar-refractivity contribution is 0.0697. The predicted molar refractivity (Wildman–Crippen MR) is 122 cm³/mol. The van der Waals surface area contributed by atoms with Crippen LogP contribution in [0, 0.1) is 6.92 Å². The summed E-state index contributed by atoms with van der Waals surface area (Å²) in [5.41, 5.74) is 4.02. The molecule has 0 unspecified atom stereocenters. The summed E-state index contributed by atoms with van der Waals surface area (Å²) in [5, 5.41) is 12.5. The molecule has 0 aliphatic heterocycles. The lowest BCUT2D eigenvalue weighted by atomic mass is 10.1. The zero-order valence-electron chi connectivity index (χ0n) is 16.5. The number of nitrogens with one attached hydrogen (secondary N) is 1. The van der Waals surface area contributed by atoms with E-state index in [4.69, 9.17) is 26.2 Å². The summed E-state index contributed by atoms with van der Waals surface area (Å²) in [6.45, 7) is 2.98. The largest absolute Gasteiger partial charge is 0.493 e. The van der Waals surface area contributed by atoms with E-state index in [9.17, 15) is 4.79 Å². The van der Waals surface area contributed by atoms with Gasteiger partial charge in [-0.3, -0.25) is 0 Å². The smallest absolute Gasteiger partial charge is 0.337 e. The van der Waals surface area contributed by atoms with Gasteiger partial charge in [-0.25, -0.2) is 4.79 Å². The molecule has 0 bridgehead atoms. The fourth-order valence-electron chi connectivity index (χ4n) is 2.91. The van der Waals surface area contributed by atoms with Crippen molar-refractivity contribution in [2.45, 2.75) is 20.1 Å². The quantitative estimate of drug-likeness (QED) is 0.387. The van der Waals surface area contributed by atoms with Crippen LogP contribution in [0.15, 0.2) is 59.1 Å². The molecule has 0 aromatic heterocycles. The molecule has 5 nitrogen and oxygen atoms in total. The summed E-state index contributed by atoms with van der Waals surface area (Å²) in [5.74, 6) is 0.216. The van der Waals surface area contributed by atoms with Crippen LogP contribution in [0.25, 0.3) is 0 Å². The van der Waals surface area contributed by atoms with Crippen molar-refractivity contribution in [1.29, 1.82) is 0 Å². The van der Waals surface area contributed by atoms with Crippen LogP contribution in [0.4, 0.5) is 5.69 Å². The molecule has 3 aromatic carbocycles. The van der Waals surface area contributed by atoms with Crippen LogP contribution < -0.4 is 14.8 Å². The Balaban J connectivity index is 1.73. The van der Waals surface area contributed by atoms with E-state index in [0.29, 0.717) is 24.7 Å². The standard InChI is InChI=1S/C23H21BrClNO4/c1-14-5-3-4-6-15(14)13-30-22-11-19(24)16(9-21(22)29-2)12-26-17-7-8-18(23(27)28)20(25)10-17/h3-11,26H,12-13H2,1-2H3,(H,27,28). The van der Waals surface area contributed by atoms with Crippen molar-refractivity contribution in [3.05, 3.63) is 86.3 Å². The fraction of sp³-hybridized carbons (Fsp3) is 0.174. The second kappa shape index (κ2) is 9.87. The van der Waals surface area contributed by atoms with Gasteiger partial charge in [0.1, 0.15) is 6.61 Å². The van der Waals surface area contributed by atoms with Gasteiger partial charge in [-0.2, -0.15) is 0 Å². The molecule has 0 aliphatic rings. The number of benzene rings is 3. The van der Waals surface area contributed by atoms with Gasteiger partial charge < -0.3 is 19.9 Å². The minimum Gasteiger partial charge on any atom is -0.493 e. The average Bonchev–Trinajstić information content (AvgIpc) is 2.72. The molecule has 0 radical (unpaired) electrons. The van der Waals surface area contributed by atoms with Crippen LogP contribution in [0.5, 0.6) is 11.5 Å². The maximum atomic E-state index is 11.1. The van der Waals surface area contributed by atoms with Crippen molar-refractivity contribution in [1.82, 2.24) is 0 Å². The Morgan fingerprint density at radius 3 is 2.53 bits per heavy atom. The number of carboxylic acids is 1. The van der Waals surface area contributed by atoms with Gasteiger partial charge in [0.2, 0.25) is 0 Å². The van der Waals surface area contributed by atoms with Crippen LogP contribution in [0.3, 0.4) is 0 Å². The Hall–Kier alpha value is -2.70. The summed E-state index contributed by atoms with van der Waals surface area (Å²) >= 11 is 9.63. The Morgan fingerprint density at radius 1 is 1.10 bits per heavy atom. The van der Waals surface area contributed by atoms with Gasteiger partial charge >= 0.3 is 5.97 Å². The van der Waals surface area contributed by atoms with Crippen molar-refractivity contribution in [3.8, 4) is 11.5 Å². The van der Waals surface area contributed by atoms with Gasteiger partial charge in [0, 0.05) is 16.7 Å². The molecule has 3 aromatic rings. The van der Waals surface area contributed by atoms with Gasteiger partial charge in [0.25, 0.3) is 0 Å². The minimum atomic E-state index is -1.06. The molecule has 0 fully saturated rings. The van der Waals surface area contributed by atoms with Gasteiger partial charge in [-0.05, 0) is 53.9 Å². The number of hydrogen-bond donors (Lipinski definition) is 2. The highest BCUT2D eigenvalue weighted by Crippen LogP contribution is 2.35. The number of ether oxygens (including phenoxy) is 2. The number of aryl methyl sites for hydroxylation is 1. The van der Waals surface area contributed by atoms with Crippen LogP contribution in [0.2, 0.25) is 5.02 Å². The van der Waals surface area contributed by atoms with Crippen molar-refractivity contribution in [2.24, 2.45) is 0 Å².